The monoisotopic (exact) mass is 370 g/mol. The zero-order chi connectivity index (χ0) is 18.5. The van der Waals surface area contributed by atoms with E-state index in [9.17, 15) is 9.00 Å². The molecule has 138 valence electrons. The molecule has 2 aromatic carbocycles. The minimum absolute atomic E-state index is 0.0747. The summed E-state index contributed by atoms with van der Waals surface area (Å²) in [6.45, 7) is 4.78. The smallest absolute Gasteiger partial charge is 0.251 e. The van der Waals surface area contributed by atoms with Crippen LogP contribution in [-0.2, 0) is 23.8 Å². The molecule has 0 saturated heterocycles. The third-order valence-corrected chi connectivity index (χ3v) is 6.03. The molecule has 0 spiro atoms. The van der Waals surface area contributed by atoms with Gasteiger partial charge in [-0.1, -0.05) is 31.2 Å². The molecule has 0 fully saturated rings. The van der Waals surface area contributed by atoms with E-state index in [4.69, 9.17) is 0 Å². The lowest BCUT2D eigenvalue weighted by Crippen LogP contribution is -2.45. The van der Waals surface area contributed by atoms with Gasteiger partial charge in [-0.3, -0.25) is 13.9 Å². The van der Waals surface area contributed by atoms with Crippen LogP contribution in [0.1, 0.15) is 34.8 Å². The molecular formula is C21H26N2O2S. The zero-order valence-electron chi connectivity index (χ0n) is 15.4. The quantitative estimate of drug-likeness (QED) is 0.850. The number of nitrogens with zero attached hydrogens (tertiary/aromatic N) is 1. The Balaban J connectivity index is 1.59. The molecule has 4 nitrogen and oxygen atoms in total. The average Bonchev–Trinajstić information content (AvgIpc) is 2.68. The van der Waals surface area contributed by atoms with E-state index in [0.29, 0.717) is 18.2 Å². The van der Waals surface area contributed by atoms with E-state index in [0.717, 1.165) is 30.8 Å². The largest absolute Gasteiger partial charge is 0.350 e. The Morgan fingerprint density at radius 3 is 2.50 bits per heavy atom. The van der Waals surface area contributed by atoms with Gasteiger partial charge in [0.05, 0.1) is 0 Å². The molecule has 0 unspecified atom stereocenters. The lowest BCUT2D eigenvalue weighted by molar-refractivity contribution is 0.0926. The molecule has 26 heavy (non-hydrogen) atoms. The number of nitrogens with one attached hydrogen (secondary N) is 1. The maximum atomic E-state index is 12.4. The first kappa shape index (κ1) is 18.8. The average molecular weight is 371 g/mol. The van der Waals surface area contributed by atoms with Crippen molar-refractivity contribution < 1.29 is 9.00 Å². The minimum Gasteiger partial charge on any atom is -0.350 e. The zero-order valence-corrected chi connectivity index (χ0v) is 16.2. The second-order valence-corrected chi connectivity index (χ2v) is 8.12. The number of carbonyl (C=O) groups excluding carboxylic acids is 1. The van der Waals surface area contributed by atoms with Gasteiger partial charge >= 0.3 is 0 Å². The maximum absolute atomic E-state index is 12.4. The van der Waals surface area contributed by atoms with Gasteiger partial charge in [0.2, 0.25) is 0 Å². The van der Waals surface area contributed by atoms with Crippen molar-refractivity contribution in [3.63, 3.8) is 0 Å². The first-order valence-corrected chi connectivity index (χ1v) is 10.7. The molecule has 3 rings (SSSR count). The number of hydrogen-bond acceptors (Lipinski definition) is 3. The fourth-order valence-electron chi connectivity index (χ4n) is 3.47. The number of fused-ring (bicyclic) bond motifs is 1. The molecule has 0 radical (unpaired) electrons. The Bertz CT molecular complexity index is 789. The Hall–Kier alpha value is -1.98. The molecule has 1 aliphatic heterocycles. The van der Waals surface area contributed by atoms with Crippen molar-refractivity contribution in [2.75, 3.05) is 19.3 Å². The molecule has 1 heterocycles. The highest BCUT2D eigenvalue weighted by Gasteiger charge is 2.22. The van der Waals surface area contributed by atoms with E-state index >= 15 is 0 Å². The van der Waals surface area contributed by atoms with Gasteiger partial charge in [0.15, 0.2) is 0 Å². The Morgan fingerprint density at radius 1 is 1.15 bits per heavy atom. The van der Waals surface area contributed by atoms with E-state index in [-0.39, 0.29) is 5.91 Å². The van der Waals surface area contributed by atoms with E-state index in [1.807, 2.05) is 0 Å². The van der Waals surface area contributed by atoms with E-state index in [2.05, 4.69) is 41.4 Å². The van der Waals surface area contributed by atoms with Gasteiger partial charge in [0, 0.05) is 53.2 Å². The van der Waals surface area contributed by atoms with Crippen molar-refractivity contribution in [3.8, 4) is 0 Å². The first-order chi connectivity index (χ1) is 12.6. The molecule has 2 atom stereocenters. The molecule has 5 heteroatoms. The highest BCUT2D eigenvalue weighted by Crippen LogP contribution is 2.21. The van der Waals surface area contributed by atoms with Gasteiger partial charge in [0.25, 0.3) is 5.91 Å². The van der Waals surface area contributed by atoms with Crippen molar-refractivity contribution >= 4 is 16.7 Å². The van der Waals surface area contributed by atoms with Gasteiger partial charge in [-0.15, -0.1) is 0 Å². The summed E-state index contributed by atoms with van der Waals surface area (Å²) in [6.07, 6.45) is 3.70. The normalized spacial score (nSPS) is 16.5. The summed E-state index contributed by atoms with van der Waals surface area (Å²) in [4.78, 5) is 15.6. The number of rotatable bonds is 6. The third kappa shape index (κ3) is 4.40. The van der Waals surface area contributed by atoms with Gasteiger partial charge in [-0.05, 0) is 48.2 Å². The molecule has 1 N–H and O–H groups in total. The van der Waals surface area contributed by atoms with Crippen LogP contribution >= 0.6 is 0 Å². The SMILES string of the molecule is CC[C@H](CNC(=O)c1ccc([S@](C)=O)cc1)N1CCc2ccccc2C1. The molecule has 0 saturated carbocycles. The summed E-state index contributed by atoms with van der Waals surface area (Å²) in [5.41, 5.74) is 3.45. The summed E-state index contributed by atoms with van der Waals surface area (Å²) in [5.74, 6) is -0.0747. The van der Waals surface area contributed by atoms with Crippen LogP contribution in [0, 0.1) is 0 Å². The van der Waals surface area contributed by atoms with Crippen molar-refractivity contribution in [2.45, 2.75) is 37.2 Å². The lowest BCUT2D eigenvalue weighted by atomic mass is 9.98. The second kappa shape index (κ2) is 8.60. The second-order valence-electron chi connectivity index (χ2n) is 6.74. The van der Waals surface area contributed by atoms with Gasteiger partial charge < -0.3 is 5.32 Å². The Labute approximate surface area is 158 Å². The van der Waals surface area contributed by atoms with E-state index in [1.54, 1.807) is 30.5 Å². The van der Waals surface area contributed by atoms with Crippen LogP contribution in [0.15, 0.2) is 53.4 Å². The van der Waals surface area contributed by atoms with Gasteiger partial charge in [0.1, 0.15) is 0 Å². The van der Waals surface area contributed by atoms with Crippen LogP contribution in [0.3, 0.4) is 0 Å². The fraction of sp³-hybridized carbons (Fsp3) is 0.381. The predicted octanol–water partition coefficient (Wildman–Crippen LogP) is 2.99. The number of amides is 1. The maximum Gasteiger partial charge on any atom is 0.251 e. The number of carbonyl (C=O) groups is 1. The van der Waals surface area contributed by atoms with E-state index < -0.39 is 10.8 Å². The third-order valence-electron chi connectivity index (χ3n) is 5.09. The van der Waals surface area contributed by atoms with Gasteiger partial charge in [-0.2, -0.15) is 0 Å². The highest BCUT2D eigenvalue weighted by atomic mass is 32.2. The first-order valence-electron chi connectivity index (χ1n) is 9.11. The van der Waals surface area contributed by atoms with Crippen molar-refractivity contribution in [2.24, 2.45) is 0 Å². The minimum atomic E-state index is -1.02. The van der Waals surface area contributed by atoms with E-state index in [1.165, 1.54) is 11.1 Å². The van der Waals surface area contributed by atoms with Crippen molar-refractivity contribution in [1.82, 2.24) is 10.2 Å². The standard InChI is InChI=1S/C21H26N2O2S/c1-3-19(23-13-12-16-6-4-5-7-18(16)15-23)14-22-21(24)17-8-10-20(11-9-17)26(2)25/h4-11,19H,3,12-15H2,1-2H3,(H,22,24)/t19-,26+/m1/s1. The van der Waals surface area contributed by atoms with Crippen LogP contribution in [0.2, 0.25) is 0 Å². The lowest BCUT2D eigenvalue weighted by Gasteiger charge is -2.35. The van der Waals surface area contributed by atoms with Gasteiger partial charge in [-0.25, -0.2) is 0 Å². The molecular weight excluding hydrogens is 344 g/mol. The molecule has 1 amide bonds. The molecule has 0 aromatic heterocycles. The Morgan fingerprint density at radius 2 is 1.85 bits per heavy atom. The summed E-state index contributed by atoms with van der Waals surface area (Å²) in [6, 6.07) is 15.9. The number of hydrogen-bond donors (Lipinski definition) is 1. The van der Waals surface area contributed by atoms with Crippen LogP contribution in [-0.4, -0.2) is 40.4 Å². The summed E-state index contributed by atoms with van der Waals surface area (Å²) in [5, 5.41) is 3.06. The van der Waals surface area contributed by atoms with Crippen LogP contribution in [0.5, 0.6) is 0 Å². The Kier molecular flexibility index (Phi) is 6.22. The van der Waals surface area contributed by atoms with Crippen molar-refractivity contribution in [1.29, 1.82) is 0 Å². The van der Waals surface area contributed by atoms with Crippen LogP contribution in [0.4, 0.5) is 0 Å². The molecule has 0 aliphatic carbocycles. The predicted molar refractivity (Wildman–Crippen MR) is 106 cm³/mol. The number of benzene rings is 2. The molecule has 2 aromatic rings. The molecule has 0 bridgehead atoms. The fourth-order valence-corrected chi connectivity index (χ4v) is 3.99. The highest BCUT2D eigenvalue weighted by molar-refractivity contribution is 7.84. The van der Waals surface area contributed by atoms with Crippen LogP contribution in [0.25, 0.3) is 0 Å². The topological polar surface area (TPSA) is 49.4 Å². The summed E-state index contributed by atoms with van der Waals surface area (Å²) in [7, 11) is -1.02. The van der Waals surface area contributed by atoms with Crippen molar-refractivity contribution in [3.05, 3.63) is 65.2 Å². The summed E-state index contributed by atoms with van der Waals surface area (Å²) >= 11 is 0. The molecule has 1 aliphatic rings. The summed E-state index contributed by atoms with van der Waals surface area (Å²) < 4.78 is 11.4. The van der Waals surface area contributed by atoms with Crippen LogP contribution < -0.4 is 5.32 Å².